The second-order valence-corrected chi connectivity index (χ2v) is 11.7. The van der Waals surface area contributed by atoms with Crippen molar-refractivity contribution in [2.24, 2.45) is 0 Å². The van der Waals surface area contributed by atoms with E-state index in [2.05, 4.69) is 134 Å². The Morgan fingerprint density at radius 1 is 0.537 bits per heavy atom. The summed E-state index contributed by atoms with van der Waals surface area (Å²) in [5.74, 6) is 0. The molecule has 0 atom stereocenters. The maximum atomic E-state index is 6.34. The molecular formula is C39H27NO. The molecule has 0 aliphatic heterocycles. The van der Waals surface area contributed by atoms with E-state index < -0.39 is 0 Å². The zero-order chi connectivity index (χ0) is 27.3. The number of para-hydroxylation sites is 3. The first-order valence-electron chi connectivity index (χ1n) is 14.3. The molecule has 0 saturated heterocycles. The Bertz CT molecular complexity index is 2330. The molecule has 0 saturated carbocycles. The summed E-state index contributed by atoms with van der Waals surface area (Å²) in [6.45, 7) is 4.70. The van der Waals surface area contributed by atoms with E-state index in [1.165, 1.54) is 44.1 Å². The van der Waals surface area contributed by atoms with Crippen LogP contribution in [0.5, 0.6) is 0 Å². The Balaban J connectivity index is 1.26. The molecule has 0 fully saturated rings. The predicted octanol–water partition coefficient (Wildman–Crippen LogP) is 10.7. The molecule has 0 N–H and O–H groups in total. The van der Waals surface area contributed by atoms with Gasteiger partial charge < -0.3 is 8.98 Å². The molecule has 0 bridgehead atoms. The maximum absolute atomic E-state index is 6.34. The molecule has 2 heteroatoms. The van der Waals surface area contributed by atoms with Gasteiger partial charge in [-0.15, -0.1) is 0 Å². The van der Waals surface area contributed by atoms with Gasteiger partial charge in [-0.3, -0.25) is 0 Å². The topological polar surface area (TPSA) is 18.1 Å². The Morgan fingerprint density at radius 2 is 1.24 bits per heavy atom. The highest BCUT2D eigenvalue weighted by Gasteiger charge is 2.37. The zero-order valence-electron chi connectivity index (χ0n) is 23.0. The van der Waals surface area contributed by atoms with Gasteiger partial charge in [-0.1, -0.05) is 111 Å². The molecule has 2 nitrogen and oxygen atoms in total. The standard InChI is InChI=1S/C39H27NO/c1-39(2)31-15-6-3-11-29(31)36-32(39)22-23-34-37(36)30-12-4-7-16-33(30)40(34)25-20-18-24(19-21-25)26-13-9-14-28-27-10-5-8-17-35(27)41-38(26)28/h3-23H,1-2H3. The van der Waals surface area contributed by atoms with Crippen molar-refractivity contribution in [3.05, 3.63) is 139 Å². The van der Waals surface area contributed by atoms with Gasteiger partial charge in [-0.2, -0.15) is 0 Å². The maximum Gasteiger partial charge on any atom is 0.143 e. The van der Waals surface area contributed by atoms with E-state index >= 15 is 0 Å². The Labute approximate surface area is 238 Å². The van der Waals surface area contributed by atoms with E-state index in [-0.39, 0.29) is 5.41 Å². The van der Waals surface area contributed by atoms with Gasteiger partial charge in [-0.25, -0.2) is 0 Å². The van der Waals surface area contributed by atoms with Crippen molar-refractivity contribution >= 4 is 43.7 Å². The van der Waals surface area contributed by atoms with E-state index in [4.69, 9.17) is 4.42 Å². The molecule has 41 heavy (non-hydrogen) atoms. The number of aromatic nitrogens is 1. The number of hydrogen-bond acceptors (Lipinski definition) is 1. The van der Waals surface area contributed by atoms with Crippen molar-refractivity contribution in [1.82, 2.24) is 4.57 Å². The summed E-state index contributed by atoms with van der Waals surface area (Å²) < 4.78 is 8.76. The lowest BCUT2D eigenvalue weighted by atomic mass is 9.82. The first-order chi connectivity index (χ1) is 20.1. The summed E-state index contributed by atoms with van der Waals surface area (Å²) in [5, 5.41) is 4.94. The van der Waals surface area contributed by atoms with Crippen molar-refractivity contribution in [1.29, 1.82) is 0 Å². The quantitative estimate of drug-likeness (QED) is 0.219. The lowest BCUT2D eigenvalue weighted by Crippen LogP contribution is -2.14. The Kier molecular flexibility index (Phi) is 4.42. The SMILES string of the molecule is CC1(C)c2ccccc2-c2c1ccc1c2c2ccccc2n1-c1ccc(-c2cccc3c2oc2ccccc23)cc1. The molecule has 0 unspecified atom stereocenters. The van der Waals surface area contributed by atoms with Crippen LogP contribution >= 0.6 is 0 Å². The molecule has 194 valence electrons. The van der Waals surface area contributed by atoms with Crippen molar-refractivity contribution in [2.45, 2.75) is 19.3 Å². The summed E-state index contributed by atoms with van der Waals surface area (Å²) in [4.78, 5) is 0. The number of furan rings is 1. The third kappa shape index (κ3) is 2.97. The Hall–Kier alpha value is -5.08. The van der Waals surface area contributed by atoms with Crippen molar-refractivity contribution in [2.75, 3.05) is 0 Å². The first-order valence-corrected chi connectivity index (χ1v) is 14.3. The van der Waals surface area contributed by atoms with Gasteiger partial charge >= 0.3 is 0 Å². The minimum Gasteiger partial charge on any atom is -0.455 e. The van der Waals surface area contributed by atoms with Gasteiger partial charge in [0.25, 0.3) is 0 Å². The van der Waals surface area contributed by atoms with Crippen LogP contribution in [0, 0.1) is 0 Å². The average molecular weight is 526 g/mol. The number of hydrogen-bond donors (Lipinski definition) is 0. The van der Waals surface area contributed by atoms with Crippen LogP contribution in [-0.4, -0.2) is 4.57 Å². The predicted molar refractivity (Wildman–Crippen MR) is 171 cm³/mol. The van der Waals surface area contributed by atoms with Gasteiger partial charge in [0.05, 0.1) is 11.0 Å². The molecular weight excluding hydrogens is 498 g/mol. The molecule has 2 aromatic heterocycles. The fraction of sp³-hybridized carbons (Fsp3) is 0.0769. The number of fused-ring (bicyclic) bond motifs is 10. The molecule has 1 aliphatic carbocycles. The Morgan fingerprint density at radius 3 is 2.12 bits per heavy atom. The number of nitrogens with zero attached hydrogens (tertiary/aromatic N) is 1. The summed E-state index contributed by atoms with van der Waals surface area (Å²) in [6.07, 6.45) is 0. The summed E-state index contributed by atoms with van der Waals surface area (Å²) >= 11 is 0. The van der Waals surface area contributed by atoms with Crippen molar-refractivity contribution in [3.63, 3.8) is 0 Å². The van der Waals surface area contributed by atoms with Gasteiger partial charge in [0.2, 0.25) is 0 Å². The second kappa shape index (κ2) is 7.99. The molecule has 8 aromatic rings. The lowest BCUT2D eigenvalue weighted by Gasteiger charge is -2.21. The van der Waals surface area contributed by atoms with Gasteiger partial charge in [-0.05, 0) is 58.1 Å². The molecule has 0 spiro atoms. The third-order valence-electron chi connectivity index (χ3n) is 9.22. The van der Waals surface area contributed by atoms with E-state index in [9.17, 15) is 0 Å². The van der Waals surface area contributed by atoms with Crippen molar-refractivity contribution < 1.29 is 4.42 Å². The minimum atomic E-state index is -0.0252. The van der Waals surface area contributed by atoms with Crippen LogP contribution in [0.25, 0.3) is 71.7 Å². The van der Waals surface area contributed by atoms with Crippen LogP contribution in [0.2, 0.25) is 0 Å². The molecule has 6 aromatic carbocycles. The van der Waals surface area contributed by atoms with Crippen LogP contribution in [0.4, 0.5) is 0 Å². The molecule has 1 aliphatic rings. The van der Waals surface area contributed by atoms with Gasteiger partial charge in [0.1, 0.15) is 11.2 Å². The van der Waals surface area contributed by atoms with E-state index in [1.807, 2.05) is 12.1 Å². The van der Waals surface area contributed by atoms with Gasteiger partial charge in [0, 0.05) is 38.2 Å². The van der Waals surface area contributed by atoms with E-state index in [0.29, 0.717) is 0 Å². The molecule has 0 radical (unpaired) electrons. The van der Waals surface area contributed by atoms with Crippen LogP contribution in [0.1, 0.15) is 25.0 Å². The fourth-order valence-corrected chi connectivity index (χ4v) is 7.29. The molecule has 9 rings (SSSR count). The summed E-state index contributed by atoms with van der Waals surface area (Å²) in [6, 6.07) is 46.1. The fourth-order valence-electron chi connectivity index (χ4n) is 7.29. The highest BCUT2D eigenvalue weighted by atomic mass is 16.3. The summed E-state index contributed by atoms with van der Waals surface area (Å²) in [7, 11) is 0. The largest absolute Gasteiger partial charge is 0.455 e. The van der Waals surface area contributed by atoms with Crippen molar-refractivity contribution in [3.8, 4) is 27.9 Å². The monoisotopic (exact) mass is 525 g/mol. The minimum absolute atomic E-state index is 0.0252. The number of benzene rings is 6. The van der Waals surface area contributed by atoms with E-state index in [0.717, 1.165) is 38.8 Å². The van der Waals surface area contributed by atoms with Crippen LogP contribution in [0.3, 0.4) is 0 Å². The zero-order valence-corrected chi connectivity index (χ0v) is 23.0. The average Bonchev–Trinajstić information content (AvgIpc) is 3.63. The normalized spacial score (nSPS) is 13.8. The molecule has 0 amide bonds. The lowest BCUT2D eigenvalue weighted by molar-refractivity contribution is 0.661. The number of rotatable bonds is 2. The smallest absolute Gasteiger partial charge is 0.143 e. The van der Waals surface area contributed by atoms with Crippen LogP contribution in [0.15, 0.2) is 132 Å². The molecule has 2 heterocycles. The van der Waals surface area contributed by atoms with E-state index in [1.54, 1.807) is 0 Å². The highest BCUT2D eigenvalue weighted by Crippen LogP contribution is 2.53. The summed E-state index contributed by atoms with van der Waals surface area (Å²) in [5.41, 5.74) is 13.3. The highest BCUT2D eigenvalue weighted by molar-refractivity contribution is 6.18. The second-order valence-electron chi connectivity index (χ2n) is 11.7. The third-order valence-corrected chi connectivity index (χ3v) is 9.22. The van der Waals surface area contributed by atoms with Crippen LogP contribution in [-0.2, 0) is 5.41 Å². The van der Waals surface area contributed by atoms with Crippen LogP contribution < -0.4 is 0 Å². The first kappa shape index (κ1) is 22.7. The van der Waals surface area contributed by atoms with Gasteiger partial charge in [0.15, 0.2) is 0 Å².